The third-order valence-electron chi connectivity index (χ3n) is 6.19. The maximum atomic E-state index is 12.5. The van der Waals surface area contributed by atoms with E-state index in [2.05, 4.69) is 5.32 Å². The Morgan fingerprint density at radius 3 is 1.89 bits per heavy atom. The second-order valence-corrected chi connectivity index (χ2v) is 11.1. The van der Waals surface area contributed by atoms with Crippen LogP contribution in [0.4, 0.5) is 0 Å². The van der Waals surface area contributed by atoms with Gasteiger partial charge in [0, 0.05) is 19.4 Å². The van der Waals surface area contributed by atoms with Crippen LogP contribution in [0.3, 0.4) is 0 Å². The van der Waals surface area contributed by atoms with E-state index in [1.54, 1.807) is 33.8 Å². The number of aliphatic carboxylic acids is 1. The fourth-order valence-corrected chi connectivity index (χ4v) is 3.22. The van der Waals surface area contributed by atoms with Crippen LogP contribution in [-0.2, 0) is 30.3 Å². The van der Waals surface area contributed by atoms with Crippen LogP contribution in [0, 0.1) is 17.3 Å². The van der Waals surface area contributed by atoms with Crippen LogP contribution >= 0.6 is 0 Å². The Balaban J connectivity index is 3.05. The summed E-state index contributed by atoms with van der Waals surface area (Å²) >= 11 is 0. The highest BCUT2D eigenvalue weighted by Gasteiger charge is 2.26. The lowest BCUT2D eigenvalue weighted by Gasteiger charge is -2.23. The zero-order chi connectivity index (χ0) is 29.0. The summed E-state index contributed by atoms with van der Waals surface area (Å²) in [7, 11) is 0. The fraction of sp³-hybridized carbons (Fsp3) is 0.655. The number of hydrogen-bond donors (Lipinski definition) is 2. The molecule has 1 aromatic rings. The second-order valence-electron chi connectivity index (χ2n) is 11.1. The number of carbonyl (C=O) groups excluding carboxylic acids is 3. The Bertz CT molecular complexity index is 952. The van der Waals surface area contributed by atoms with E-state index in [0.717, 1.165) is 12.8 Å². The Labute approximate surface area is 226 Å². The highest BCUT2D eigenvalue weighted by atomic mass is 16.6. The Morgan fingerprint density at radius 1 is 0.895 bits per heavy atom. The standard InChI is InChI=1S/C29H45NO8/c1-9-18(3)13-25(31)37-23-12-11-21(16-24(23)38-26(32)14-19(4)10-2)15-22(27(33)34)30-17-20(5)36-28(35)29(6,7)8/h11-12,16,18-20,22,30H,9-10,13-15,17H2,1-8H3,(H,33,34)/t18?,19?,20?,22-/m0/s1. The first-order valence-electron chi connectivity index (χ1n) is 13.4. The summed E-state index contributed by atoms with van der Waals surface area (Å²) in [6.45, 7) is 14.9. The predicted molar refractivity (Wildman–Crippen MR) is 144 cm³/mol. The lowest BCUT2D eigenvalue weighted by molar-refractivity contribution is -0.157. The van der Waals surface area contributed by atoms with Crippen molar-refractivity contribution in [1.29, 1.82) is 0 Å². The number of benzene rings is 1. The Kier molecular flexibility index (Phi) is 13.5. The van der Waals surface area contributed by atoms with Gasteiger partial charge in [-0.3, -0.25) is 19.2 Å². The molecule has 9 heteroatoms. The van der Waals surface area contributed by atoms with Crippen molar-refractivity contribution in [3.05, 3.63) is 23.8 Å². The van der Waals surface area contributed by atoms with Gasteiger partial charge in [-0.25, -0.2) is 0 Å². The molecule has 1 aromatic carbocycles. The van der Waals surface area contributed by atoms with Gasteiger partial charge >= 0.3 is 23.9 Å². The number of nitrogens with one attached hydrogen (secondary N) is 1. The lowest BCUT2D eigenvalue weighted by atomic mass is 9.97. The number of hydrogen-bond acceptors (Lipinski definition) is 8. The van der Waals surface area contributed by atoms with Gasteiger partial charge in [-0.05, 0) is 63.6 Å². The lowest BCUT2D eigenvalue weighted by Crippen LogP contribution is -2.43. The zero-order valence-corrected chi connectivity index (χ0v) is 24.1. The Morgan fingerprint density at radius 2 is 1.42 bits per heavy atom. The zero-order valence-electron chi connectivity index (χ0n) is 24.1. The van der Waals surface area contributed by atoms with Gasteiger partial charge in [-0.15, -0.1) is 0 Å². The molecule has 0 fully saturated rings. The number of ether oxygens (including phenoxy) is 3. The molecule has 0 aromatic heterocycles. The van der Waals surface area contributed by atoms with Crippen molar-refractivity contribution in [2.24, 2.45) is 17.3 Å². The summed E-state index contributed by atoms with van der Waals surface area (Å²) in [6, 6.07) is 3.69. The minimum absolute atomic E-state index is 0.0618. The van der Waals surface area contributed by atoms with E-state index in [0.29, 0.717) is 5.56 Å². The fourth-order valence-electron chi connectivity index (χ4n) is 3.22. The van der Waals surface area contributed by atoms with Crippen LogP contribution in [0.15, 0.2) is 18.2 Å². The van der Waals surface area contributed by atoms with Crippen LogP contribution < -0.4 is 14.8 Å². The number of carboxylic acid groups (broad SMARTS) is 1. The van der Waals surface area contributed by atoms with Crippen LogP contribution in [0.5, 0.6) is 11.5 Å². The minimum atomic E-state index is -1.08. The van der Waals surface area contributed by atoms with Crippen LogP contribution in [-0.4, -0.2) is 47.7 Å². The van der Waals surface area contributed by atoms with Crippen molar-refractivity contribution in [3.63, 3.8) is 0 Å². The molecule has 0 spiro atoms. The van der Waals surface area contributed by atoms with Gasteiger partial charge in [0.25, 0.3) is 0 Å². The molecular formula is C29H45NO8. The van der Waals surface area contributed by atoms with E-state index >= 15 is 0 Å². The van der Waals surface area contributed by atoms with Gasteiger partial charge in [-0.2, -0.15) is 0 Å². The summed E-state index contributed by atoms with van der Waals surface area (Å²) in [5, 5.41) is 12.7. The highest BCUT2D eigenvalue weighted by molar-refractivity contribution is 5.77. The largest absolute Gasteiger partial charge is 0.480 e. The molecule has 0 aliphatic rings. The quantitative estimate of drug-likeness (QED) is 0.237. The molecule has 0 saturated carbocycles. The molecule has 0 aliphatic carbocycles. The molecule has 0 saturated heterocycles. The maximum absolute atomic E-state index is 12.5. The van der Waals surface area contributed by atoms with Gasteiger partial charge in [0.15, 0.2) is 11.5 Å². The number of carboxylic acids is 1. The topological polar surface area (TPSA) is 128 Å². The molecule has 0 radical (unpaired) electrons. The Hall–Kier alpha value is -2.94. The first-order chi connectivity index (χ1) is 17.7. The maximum Gasteiger partial charge on any atom is 0.321 e. The average Bonchev–Trinajstić information content (AvgIpc) is 2.81. The van der Waals surface area contributed by atoms with Gasteiger partial charge < -0.3 is 24.6 Å². The van der Waals surface area contributed by atoms with E-state index < -0.39 is 35.5 Å². The van der Waals surface area contributed by atoms with Gasteiger partial charge in [0.05, 0.1) is 5.41 Å². The average molecular weight is 536 g/mol. The monoisotopic (exact) mass is 535 g/mol. The van der Waals surface area contributed by atoms with Gasteiger partial charge in [-0.1, -0.05) is 46.6 Å². The van der Waals surface area contributed by atoms with E-state index in [9.17, 15) is 24.3 Å². The summed E-state index contributed by atoms with van der Waals surface area (Å²) < 4.78 is 16.5. The molecule has 4 atom stereocenters. The summed E-state index contributed by atoms with van der Waals surface area (Å²) in [4.78, 5) is 48.9. The van der Waals surface area contributed by atoms with Crippen LogP contribution in [0.2, 0.25) is 0 Å². The predicted octanol–water partition coefficient (Wildman–Crippen LogP) is 4.93. The first kappa shape index (κ1) is 33.1. The molecule has 2 N–H and O–H groups in total. The normalized spacial score (nSPS) is 14.6. The van der Waals surface area contributed by atoms with E-state index in [-0.39, 0.29) is 55.1 Å². The molecule has 0 bridgehead atoms. The summed E-state index contributed by atoms with van der Waals surface area (Å²) in [5.41, 5.74) is -0.0967. The highest BCUT2D eigenvalue weighted by Crippen LogP contribution is 2.31. The number of carbonyl (C=O) groups is 4. The first-order valence-corrected chi connectivity index (χ1v) is 13.4. The summed E-state index contributed by atoms with van der Waals surface area (Å²) in [6.07, 6.45) is 1.58. The van der Waals surface area contributed by atoms with Crippen molar-refractivity contribution in [1.82, 2.24) is 5.32 Å². The molecule has 38 heavy (non-hydrogen) atoms. The molecule has 0 aliphatic heterocycles. The third-order valence-corrected chi connectivity index (χ3v) is 6.19. The van der Waals surface area contributed by atoms with Crippen molar-refractivity contribution in [2.45, 2.75) is 99.6 Å². The van der Waals surface area contributed by atoms with Crippen molar-refractivity contribution < 1.29 is 38.5 Å². The smallest absolute Gasteiger partial charge is 0.321 e. The van der Waals surface area contributed by atoms with E-state index in [1.165, 1.54) is 12.1 Å². The number of esters is 3. The molecule has 1 rings (SSSR count). The second kappa shape index (κ2) is 15.5. The van der Waals surface area contributed by atoms with Crippen LogP contribution in [0.1, 0.15) is 86.6 Å². The molecule has 9 nitrogen and oxygen atoms in total. The summed E-state index contributed by atoms with van der Waals surface area (Å²) in [5.74, 6) is -1.90. The van der Waals surface area contributed by atoms with E-state index in [1.807, 2.05) is 27.7 Å². The third kappa shape index (κ3) is 12.1. The molecule has 0 heterocycles. The molecule has 214 valence electrons. The van der Waals surface area contributed by atoms with E-state index in [4.69, 9.17) is 14.2 Å². The molecule has 0 amide bonds. The van der Waals surface area contributed by atoms with Crippen LogP contribution in [0.25, 0.3) is 0 Å². The molecule has 3 unspecified atom stereocenters. The minimum Gasteiger partial charge on any atom is -0.480 e. The van der Waals surface area contributed by atoms with Gasteiger partial charge in [0.1, 0.15) is 12.1 Å². The molecular weight excluding hydrogens is 490 g/mol. The van der Waals surface area contributed by atoms with Gasteiger partial charge in [0.2, 0.25) is 0 Å². The SMILES string of the molecule is CCC(C)CC(=O)Oc1ccc(C[C@H](NCC(C)OC(=O)C(C)(C)C)C(=O)O)cc1OC(=O)CC(C)CC. The number of rotatable bonds is 15. The van der Waals surface area contributed by atoms with Crippen molar-refractivity contribution >= 4 is 23.9 Å². The van der Waals surface area contributed by atoms with Crippen molar-refractivity contribution in [3.8, 4) is 11.5 Å². The van der Waals surface area contributed by atoms with Crippen molar-refractivity contribution in [2.75, 3.05) is 6.54 Å².